The van der Waals surface area contributed by atoms with Crippen molar-refractivity contribution in [2.45, 2.75) is 18.9 Å². The first-order valence-electron chi connectivity index (χ1n) is 4.76. The third-order valence-corrected chi connectivity index (χ3v) is 3.10. The number of amides is 1. The first kappa shape index (κ1) is 9.61. The van der Waals surface area contributed by atoms with Gasteiger partial charge in [0.05, 0.1) is 11.0 Å². The van der Waals surface area contributed by atoms with E-state index in [1.54, 1.807) is 17.5 Å². The zero-order valence-electron chi connectivity index (χ0n) is 7.82. The van der Waals surface area contributed by atoms with Crippen LogP contribution < -0.4 is 10.6 Å². The van der Waals surface area contributed by atoms with Crippen molar-refractivity contribution < 1.29 is 4.79 Å². The zero-order valence-corrected chi connectivity index (χ0v) is 8.64. The van der Waals surface area contributed by atoms with Crippen molar-refractivity contribution >= 4 is 17.2 Å². The fourth-order valence-electron chi connectivity index (χ4n) is 1.30. The molecule has 1 aliphatic heterocycles. The minimum Gasteiger partial charge on any atom is -0.354 e. The Morgan fingerprint density at radius 1 is 1.79 bits per heavy atom. The average Bonchev–Trinajstić information content (AvgIpc) is 2.53. The number of carbonyl (C=O) groups is 1. The molecule has 1 fully saturated rings. The maximum Gasteiger partial charge on any atom is 0.237 e. The quantitative estimate of drug-likeness (QED) is 0.746. The van der Waals surface area contributed by atoms with Crippen LogP contribution in [0.3, 0.4) is 0 Å². The fourth-order valence-corrected chi connectivity index (χ4v) is 1.93. The summed E-state index contributed by atoms with van der Waals surface area (Å²) in [6.45, 7) is 1.65. The molecule has 0 spiro atoms. The van der Waals surface area contributed by atoms with Crippen LogP contribution in [-0.4, -0.2) is 30.0 Å². The molecule has 0 saturated carbocycles. The molecular formula is C9H13N3OS. The van der Waals surface area contributed by atoms with E-state index < -0.39 is 0 Å². The molecule has 14 heavy (non-hydrogen) atoms. The van der Waals surface area contributed by atoms with E-state index in [4.69, 9.17) is 0 Å². The van der Waals surface area contributed by atoms with Gasteiger partial charge < -0.3 is 10.6 Å². The van der Waals surface area contributed by atoms with Crippen LogP contribution in [0.5, 0.6) is 0 Å². The van der Waals surface area contributed by atoms with Crippen LogP contribution in [-0.2, 0) is 11.2 Å². The number of hydrogen-bond donors (Lipinski definition) is 2. The Morgan fingerprint density at radius 3 is 3.21 bits per heavy atom. The van der Waals surface area contributed by atoms with Crippen LogP contribution >= 0.6 is 11.3 Å². The summed E-state index contributed by atoms with van der Waals surface area (Å²) in [5, 5.41) is 8.98. The second-order valence-corrected chi connectivity index (χ2v) is 4.24. The largest absolute Gasteiger partial charge is 0.354 e. The van der Waals surface area contributed by atoms with E-state index in [0.29, 0.717) is 6.54 Å². The van der Waals surface area contributed by atoms with Crippen molar-refractivity contribution in [1.29, 1.82) is 0 Å². The molecular weight excluding hydrogens is 198 g/mol. The van der Waals surface area contributed by atoms with E-state index >= 15 is 0 Å². The van der Waals surface area contributed by atoms with Crippen LogP contribution in [0, 0.1) is 0 Å². The van der Waals surface area contributed by atoms with Gasteiger partial charge in [-0.2, -0.15) is 0 Å². The lowest BCUT2D eigenvalue weighted by Gasteiger charge is -2.26. The van der Waals surface area contributed by atoms with E-state index in [2.05, 4.69) is 15.6 Å². The van der Waals surface area contributed by atoms with E-state index in [-0.39, 0.29) is 11.9 Å². The maximum absolute atomic E-state index is 11.4. The Balaban J connectivity index is 1.65. The standard InChI is InChI=1S/C9H13N3OS/c13-9(7-1-3-10-7)12-4-2-8-11-5-6-14-8/h5-7,10H,1-4H2,(H,12,13)/t7-/m1/s1. The Labute approximate surface area is 86.7 Å². The molecule has 0 aliphatic carbocycles. The van der Waals surface area contributed by atoms with Crippen LogP contribution in [0.25, 0.3) is 0 Å². The molecule has 0 bridgehead atoms. The van der Waals surface area contributed by atoms with Gasteiger partial charge in [0, 0.05) is 24.5 Å². The molecule has 2 N–H and O–H groups in total. The van der Waals surface area contributed by atoms with Gasteiger partial charge in [-0.05, 0) is 13.0 Å². The number of carbonyl (C=O) groups excluding carboxylic acids is 1. The molecule has 1 aromatic heterocycles. The normalized spacial score (nSPS) is 20.1. The molecule has 0 radical (unpaired) electrons. The number of nitrogens with zero attached hydrogens (tertiary/aromatic N) is 1. The summed E-state index contributed by atoms with van der Waals surface area (Å²) in [5.74, 6) is 0.118. The highest BCUT2D eigenvalue weighted by atomic mass is 32.1. The summed E-state index contributed by atoms with van der Waals surface area (Å²) >= 11 is 1.62. The van der Waals surface area contributed by atoms with Gasteiger partial charge in [-0.15, -0.1) is 11.3 Å². The topological polar surface area (TPSA) is 54.0 Å². The Morgan fingerprint density at radius 2 is 2.64 bits per heavy atom. The molecule has 1 saturated heterocycles. The van der Waals surface area contributed by atoms with E-state index in [1.165, 1.54) is 0 Å². The molecule has 1 aliphatic rings. The Hall–Kier alpha value is -0.940. The van der Waals surface area contributed by atoms with Crippen LogP contribution in [0.15, 0.2) is 11.6 Å². The van der Waals surface area contributed by atoms with Gasteiger partial charge in [0.1, 0.15) is 0 Å². The number of thiazole rings is 1. The summed E-state index contributed by atoms with van der Waals surface area (Å²) in [7, 11) is 0. The second-order valence-electron chi connectivity index (χ2n) is 3.26. The summed E-state index contributed by atoms with van der Waals surface area (Å²) < 4.78 is 0. The van der Waals surface area contributed by atoms with E-state index in [0.717, 1.165) is 24.4 Å². The van der Waals surface area contributed by atoms with Crippen molar-refractivity contribution in [3.05, 3.63) is 16.6 Å². The zero-order chi connectivity index (χ0) is 9.80. The molecule has 1 amide bonds. The van der Waals surface area contributed by atoms with Crippen LogP contribution in [0.1, 0.15) is 11.4 Å². The molecule has 1 aromatic rings. The molecule has 0 aromatic carbocycles. The molecule has 0 unspecified atom stereocenters. The average molecular weight is 211 g/mol. The SMILES string of the molecule is O=C(NCCc1nccs1)[C@H]1CCN1. The highest BCUT2D eigenvalue weighted by Crippen LogP contribution is 2.04. The van der Waals surface area contributed by atoms with Gasteiger partial charge in [-0.3, -0.25) is 4.79 Å². The molecule has 2 heterocycles. The van der Waals surface area contributed by atoms with Gasteiger partial charge in [0.15, 0.2) is 0 Å². The highest BCUT2D eigenvalue weighted by molar-refractivity contribution is 7.09. The molecule has 4 nitrogen and oxygen atoms in total. The van der Waals surface area contributed by atoms with Gasteiger partial charge in [-0.1, -0.05) is 0 Å². The highest BCUT2D eigenvalue weighted by Gasteiger charge is 2.23. The van der Waals surface area contributed by atoms with Crippen molar-refractivity contribution in [2.24, 2.45) is 0 Å². The summed E-state index contributed by atoms with van der Waals surface area (Å²) in [4.78, 5) is 15.5. The number of hydrogen-bond acceptors (Lipinski definition) is 4. The third-order valence-electron chi connectivity index (χ3n) is 2.26. The maximum atomic E-state index is 11.4. The number of nitrogens with one attached hydrogen (secondary N) is 2. The lowest BCUT2D eigenvalue weighted by Crippen LogP contribution is -2.53. The summed E-state index contributed by atoms with van der Waals surface area (Å²) in [5.41, 5.74) is 0. The van der Waals surface area contributed by atoms with Crippen molar-refractivity contribution in [3.63, 3.8) is 0 Å². The molecule has 2 rings (SSSR count). The predicted molar refractivity (Wildman–Crippen MR) is 55.2 cm³/mol. The fraction of sp³-hybridized carbons (Fsp3) is 0.556. The van der Waals surface area contributed by atoms with Crippen molar-refractivity contribution in [3.8, 4) is 0 Å². The molecule has 5 heteroatoms. The predicted octanol–water partition coefficient (Wildman–Crippen LogP) is 0.164. The monoisotopic (exact) mass is 211 g/mol. The van der Waals surface area contributed by atoms with Gasteiger partial charge in [-0.25, -0.2) is 4.98 Å². The lowest BCUT2D eigenvalue weighted by molar-refractivity contribution is -0.124. The number of aromatic nitrogens is 1. The first-order chi connectivity index (χ1) is 6.86. The first-order valence-corrected chi connectivity index (χ1v) is 5.64. The number of rotatable bonds is 4. The van der Waals surface area contributed by atoms with Crippen LogP contribution in [0.2, 0.25) is 0 Å². The molecule has 76 valence electrons. The summed E-state index contributed by atoms with van der Waals surface area (Å²) in [6, 6.07) is 0.0475. The van der Waals surface area contributed by atoms with Gasteiger partial charge in [0.2, 0.25) is 5.91 Å². The molecule has 1 atom stereocenters. The van der Waals surface area contributed by atoms with Gasteiger partial charge in [0.25, 0.3) is 0 Å². The van der Waals surface area contributed by atoms with Crippen molar-refractivity contribution in [2.75, 3.05) is 13.1 Å². The smallest absolute Gasteiger partial charge is 0.237 e. The van der Waals surface area contributed by atoms with Crippen molar-refractivity contribution in [1.82, 2.24) is 15.6 Å². The second kappa shape index (κ2) is 4.52. The minimum atomic E-state index is 0.0475. The minimum absolute atomic E-state index is 0.0475. The van der Waals surface area contributed by atoms with Gasteiger partial charge >= 0.3 is 0 Å². The van der Waals surface area contributed by atoms with Crippen LogP contribution in [0.4, 0.5) is 0 Å². The summed E-state index contributed by atoms with van der Waals surface area (Å²) in [6.07, 6.45) is 3.58. The Bertz CT molecular complexity index is 295. The third kappa shape index (κ3) is 2.30. The Kier molecular flexibility index (Phi) is 3.10. The lowest BCUT2D eigenvalue weighted by atomic mass is 10.1. The van der Waals surface area contributed by atoms with E-state index in [9.17, 15) is 4.79 Å². The van der Waals surface area contributed by atoms with E-state index in [1.807, 2.05) is 5.38 Å².